The van der Waals surface area contributed by atoms with E-state index in [1.165, 1.54) is 0 Å². The summed E-state index contributed by atoms with van der Waals surface area (Å²) >= 11 is 0. The van der Waals surface area contributed by atoms with Crippen LogP contribution in [0.15, 0.2) is 0 Å². The number of epoxide rings is 2. The minimum absolute atomic E-state index is 0. The van der Waals surface area contributed by atoms with E-state index >= 15 is 0 Å². The highest BCUT2D eigenvalue weighted by Crippen LogP contribution is 2.18. The fourth-order valence-electron chi connectivity index (χ4n) is 2.03. The van der Waals surface area contributed by atoms with E-state index in [-0.39, 0.29) is 11.2 Å². The molecule has 2 aliphatic heterocycles. The van der Waals surface area contributed by atoms with Crippen molar-refractivity contribution in [2.45, 2.75) is 44.6 Å². The lowest BCUT2D eigenvalue weighted by Crippen LogP contribution is -2.55. The summed E-state index contributed by atoms with van der Waals surface area (Å²) in [6.07, 6.45) is 2.60. The lowest BCUT2D eigenvalue weighted by molar-refractivity contribution is 0.0118. The van der Waals surface area contributed by atoms with Gasteiger partial charge in [-0.1, -0.05) is 13.8 Å². The first-order valence-electron chi connectivity index (χ1n) is 8.23. The second-order valence-corrected chi connectivity index (χ2v) is 8.51. The summed E-state index contributed by atoms with van der Waals surface area (Å²) in [5, 5.41) is 0. The van der Waals surface area contributed by atoms with E-state index in [9.17, 15) is 0 Å². The van der Waals surface area contributed by atoms with Crippen LogP contribution in [0.4, 0.5) is 0 Å². The Morgan fingerprint density at radius 1 is 0.958 bits per heavy atom. The van der Waals surface area contributed by atoms with Crippen LogP contribution in [0.2, 0.25) is 0 Å². The van der Waals surface area contributed by atoms with Crippen LogP contribution in [0.5, 0.6) is 0 Å². The summed E-state index contributed by atoms with van der Waals surface area (Å²) in [5.41, 5.74) is -0.0672. The molecule has 0 bridgehead atoms. The van der Waals surface area contributed by atoms with Gasteiger partial charge >= 0.3 is 8.80 Å². The van der Waals surface area contributed by atoms with Gasteiger partial charge in [-0.3, -0.25) is 0 Å². The highest BCUT2D eigenvalue weighted by molar-refractivity contribution is 6.62. The molecule has 0 saturated carbocycles. The molecule has 2 saturated heterocycles. The quantitative estimate of drug-likeness (QED) is 0.366. The third-order valence-corrected chi connectivity index (χ3v) is 6.62. The maximum absolute atomic E-state index is 5.67. The van der Waals surface area contributed by atoms with Crippen LogP contribution in [0, 0.1) is 0 Å². The van der Waals surface area contributed by atoms with Gasteiger partial charge < -0.3 is 37.7 Å². The SMILES string of the molecule is C(OCC1CO1)C1CO1.CCCOC(CC)[Si](OC)(OC)OC.O. The van der Waals surface area contributed by atoms with Crippen molar-refractivity contribution in [1.82, 2.24) is 0 Å². The molecule has 0 radical (unpaired) electrons. The summed E-state index contributed by atoms with van der Waals surface area (Å²) in [6, 6.07) is 0. The van der Waals surface area contributed by atoms with Crippen LogP contribution in [0.3, 0.4) is 0 Å². The predicted octanol–water partition coefficient (Wildman–Crippen LogP) is 0.585. The molecule has 0 aliphatic carbocycles. The minimum Gasteiger partial charge on any atom is -0.412 e. The van der Waals surface area contributed by atoms with Crippen LogP contribution in [0.25, 0.3) is 0 Å². The molecule has 0 aromatic heterocycles. The van der Waals surface area contributed by atoms with E-state index in [1.807, 2.05) is 6.92 Å². The largest absolute Gasteiger partial charge is 0.530 e. The molecule has 24 heavy (non-hydrogen) atoms. The van der Waals surface area contributed by atoms with E-state index < -0.39 is 8.80 Å². The minimum atomic E-state index is -2.61. The van der Waals surface area contributed by atoms with Gasteiger partial charge in [-0.15, -0.1) is 0 Å². The van der Waals surface area contributed by atoms with E-state index in [4.69, 9.17) is 32.2 Å². The van der Waals surface area contributed by atoms with Crippen molar-refractivity contribution in [3.63, 3.8) is 0 Å². The Morgan fingerprint density at radius 3 is 1.71 bits per heavy atom. The van der Waals surface area contributed by atoms with Crippen molar-refractivity contribution in [3.8, 4) is 0 Å². The average molecular weight is 371 g/mol. The van der Waals surface area contributed by atoms with Crippen molar-refractivity contribution >= 4 is 8.80 Å². The summed E-state index contributed by atoms with van der Waals surface area (Å²) in [7, 11) is 2.22. The molecule has 9 heteroatoms. The lowest BCUT2D eigenvalue weighted by Gasteiger charge is -2.31. The summed E-state index contributed by atoms with van der Waals surface area (Å²) in [4.78, 5) is 0. The molecule has 2 aliphatic rings. The molecule has 2 fully saturated rings. The Balaban J connectivity index is 0.000000452. The smallest absolute Gasteiger partial charge is 0.412 e. The molecule has 3 unspecified atom stereocenters. The molecule has 0 spiro atoms. The Bertz CT molecular complexity index is 275. The number of hydrogen-bond donors (Lipinski definition) is 0. The summed E-state index contributed by atoms with van der Waals surface area (Å²) in [5.74, 6) is 0. The summed E-state index contributed by atoms with van der Waals surface area (Å²) in [6.45, 7) is 8.08. The zero-order valence-corrected chi connectivity index (χ0v) is 16.5. The zero-order chi connectivity index (χ0) is 17.1. The van der Waals surface area contributed by atoms with Gasteiger partial charge in [-0.2, -0.15) is 0 Å². The van der Waals surface area contributed by atoms with Gasteiger partial charge in [0.1, 0.15) is 17.9 Å². The molecule has 0 aromatic rings. The fraction of sp³-hybridized carbons (Fsp3) is 1.00. The van der Waals surface area contributed by atoms with Crippen molar-refractivity contribution in [2.24, 2.45) is 0 Å². The molecule has 0 aromatic carbocycles. The normalized spacial score (nSPS) is 22.9. The maximum Gasteiger partial charge on any atom is 0.530 e. The molecule has 2 rings (SSSR count). The van der Waals surface area contributed by atoms with Gasteiger partial charge in [-0.25, -0.2) is 0 Å². The van der Waals surface area contributed by atoms with Gasteiger partial charge in [0.15, 0.2) is 0 Å². The van der Waals surface area contributed by atoms with Crippen LogP contribution >= 0.6 is 0 Å². The molecular formula is C15H34O8Si. The molecule has 2 N–H and O–H groups in total. The van der Waals surface area contributed by atoms with Crippen LogP contribution in [0.1, 0.15) is 26.7 Å². The van der Waals surface area contributed by atoms with E-state index in [1.54, 1.807) is 21.3 Å². The first kappa shape index (κ1) is 23.9. The highest BCUT2D eigenvalue weighted by atomic mass is 28.4. The van der Waals surface area contributed by atoms with Crippen LogP contribution in [-0.4, -0.2) is 86.6 Å². The third kappa shape index (κ3) is 8.84. The van der Waals surface area contributed by atoms with E-state index in [2.05, 4.69) is 6.92 Å². The van der Waals surface area contributed by atoms with Crippen LogP contribution in [-0.2, 0) is 32.2 Å². The maximum atomic E-state index is 5.67. The topological polar surface area (TPSA) is 103 Å². The van der Waals surface area contributed by atoms with Gasteiger partial charge in [0.2, 0.25) is 0 Å². The van der Waals surface area contributed by atoms with Gasteiger partial charge in [0.25, 0.3) is 0 Å². The standard InChI is InChI=1S/C9H22O4Si.C6H10O3.H2O/c1-6-8-13-9(7-2)14(10-3,11-4)12-5;1(5-3-8-5)7-2-6-4-9-6;/h9H,6-8H2,1-5H3;5-6H,1-4H2;1H2. The Morgan fingerprint density at radius 2 is 1.42 bits per heavy atom. The molecule has 2 heterocycles. The van der Waals surface area contributed by atoms with Crippen molar-refractivity contribution in [3.05, 3.63) is 0 Å². The molecular weight excluding hydrogens is 336 g/mol. The highest BCUT2D eigenvalue weighted by Gasteiger charge is 2.47. The first-order chi connectivity index (χ1) is 11.2. The molecule has 0 amide bonds. The van der Waals surface area contributed by atoms with Crippen molar-refractivity contribution in [2.75, 3.05) is 54.4 Å². The monoisotopic (exact) mass is 370 g/mol. The zero-order valence-electron chi connectivity index (χ0n) is 15.5. The second kappa shape index (κ2) is 13.1. The second-order valence-electron chi connectivity index (χ2n) is 5.43. The average Bonchev–Trinajstić information content (AvgIpc) is 3.48. The molecule has 146 valence electrons. The lowest BCUT2D eigenvalue weighted by atomic mass is 10.5. The number of hydrogen-bond acceptors (Lipinski definition) is 7. The van der Waals surface area contributed by atoms with Crippen LogP contribution < -0.4 is 0 Å². The number of rotatable bonds is 12. The van der Waals surface area contributed by atoms with E-state index in [0.717, 1.165) is 39.3 Å². The predicted molar refractivity (Wildman–Crippen MR) is 91.0 cm³/mol. The van der Waals surface area contributed by atoms with Gasteiger partial charge in [0.05, 0.1) is 26.4 Å². The van der Waals surface area contributed by atoms with Crippen molar-refractivity contribution < 1.29 is 37.7 Å². The summed E-state index contributed by atoms with van der Waals surface area (Å²) < 4.78 is 36.9. The van der Waals surface area contributed by atoms with Gasteiger partial charge in [0, 0.05) is 27.9 Å². The fourth-order valence-corrected chi connectivity index (χ4v) is 4.14. The first-order valence-corrected chi connectivity index (χ1v) is 10.0. The molecule has 8 nitrogen and oxygen atoms in total. The third-order valence-electron chi connectivity index (χ3n) is 3.55. The Labute approximate surface area is 146 Å². The Hall–Kier alpha value is -0.103. The van der Waals surface area contributed by atoms with Gasteiger partial charge in [-0.05, 0) is 12.8 Å². The number of ether oxygens (including phenoxy) is 4. The Kier molecular flexibility index (Phi) is 13.1. The van der Waals surface area contributed by atoms with Crippen molar-refractivity contribution in [1.29, 1.82) is 0 Å². The van der Waals surface area contributed by atoms with E-state index in [0.29, 0.717) is 18.8 Å². The molecule has 3 atom stereocenters.